The third kappa shape index (κ3) is 16.8. The van der Waals surface area contributed by atoms with Crippen molar-refractivity contribution in [2.75, 3.05) is 6.61 Å². The van der Waals surface area contributed by atoms with Gasteiger partial charge >= 0.3 is 5.97 Å². The van der Waals surface area contributed by atoms with E-state index in [1.54, 1.807) is 18.3 Å². The molecule has 0 saturated heterocycles. The highest BCUT2D eigenvalue weighted by atomic mass is 16.5. The number of allylic oxidation sites excluding steroid dienone is 10. The number of nitrogens with zero attached hydrogens (tertiary/aromatic N) is 1. The zero-order valence-electron chi connectivity index (χ0n) is 19.1. The topological polar surface area (TPSA) is 39.2 Å². The van der Waals surface area contributed by atoms with Gasteiger partial charge in [0.15, 0.2) is 0 Å². The van der Waals surface area contributed by atoms with Gasteiger partial charge in [0.25, 0.3) is 0 Å². The Labute approximate surface area is 189 Å². The van der Waals surface area contributed by atoms with Gasteiger partial charge in [-0.2, -0.15) is 0 Å². The SMILES string of the molecule is CC/C=C\C/C=C\C/C=C\C/C=C\C/C=C\CCCCCCOC(=O)c1cccnc1. The molecule has 0 atom stereocenters. The van der Waals surface area contributed by atoms with Crippen LogP contribution in [-0.2, 0) is 4.74 Å². The number of ether oxygens (including phenoxy) is 1. The number of carbonyl (C=O) groups is 1. The lowest BCUT2D eigenvalue weighted by Crippen LogP contribution is -2.06. The van der Waals surface area contributed by atoms with E-state index in [2.05, 4.69) is 72.7 Å². The van der Waals surface area contributed by atoms with Crippen molar-refractivity contribution >= 4 is 5.97 Å². The van der Waals surface area contributed by atoms with Crippen molar-refractivity contribution in [1.82, 2.24) is 4.98 Å². The molecule has 0 N–H and O–H groups in total. The molecule has 0 aromatic carbocycles. The second kappa shape index (κ2) is 20.6. The summed E-state index contributed by atoms with van der Waals surface area (Å²) < 4.78 is 5.25. The van der Waals surface area contributed by atoms with Crippen molar-refractivity contribution in [3.63, 3.8) is 0 Å². The Morgan fingerprint density at radius 3 is 1.97 bits per heavy atom. The number of esters is 1. The molecule has 3 heteroatoms. The predicted octanol–water partition coefficient (Wildman–Crippen LogP) is 7.94. The van der Waals surface area contributed by atoms with Crippen molar-refractivity contribution in [3.05, 3.63) is 90.9 Å². The second-order valence-corrected chi connectivity index (χ2v) is 7.29. The minimum atomic E-state index is -0.285. The van der Waals surface area contributed by atoms with Gasteiger partial charge < -0.3 is 4.74 Å². The van der Waals surface area contributed by atoms with Gasteiger partial charge in [0.05, 0.1) is 12.2 Å². The monoisotopic (exact) mass is 421 g/mol. The highest BCUT2D eigenvalue weighted by Gasteiger charge is 2.05. The lowest BCUT2D eigenvalue weighted by molar-refractivity contribution is 0.0497. The van der Waals surface area contributed by atoms with Crippen molar-refractivity contribution in [2.45, 2.75) is 71.1 Å². The summed E-state index contributed by atoms with van der Waals surface area (Å²) in [5.41, 5.74) is 0.515. The summed E-state index contributed by atoms with van der Waals surface area (Å²) >= 11 is 0. The van der Waals surface area contributed by atoms with Crippen LogP contribution in [0.4, 0.5) is 0 Å². The average Bonchev–Trinajstić information content (AvgIpc) is 2.80. The minimum absolute atomic E-state index is 0.285. The zero-order valence-corrected chi connectivity index (χ0v) is 19.1. The van der Waals surface area contributed by atoms with Crippen molar-refractivity contribution in [1.29, 1.82) is 0 Å². The fourth-order valence-electron chi connectivity index (χ4n) is 2.82. The molecule has 3 nitrogen and oxygen atoms in total. The Kier molecular flexibility index (Phi) is 17.5. The molecule has 0 aliphatic carbocycles. The van der Waals surface area contributed by atoms with Crippen molar-refractivity contribution < 1.29 is 9.53 Å². The maximum Gasteiger partial charge on any atom is 0.339 e. The molecule has 0 aliphatic rings. The van der Waals surface area contributed by atoms with Gasteiger partial charge in [-0.05, 0) is 63.5 Å². The molecule has 1 aromatic rings. The van der Waals surface area contributed by atoms with Crippen LogP contribution in [0.25, 0.3) is 0 Å². The van der Waals surface area contributed by atoms with E-state index >= 15 is 0 Å². The van der Waals surface area contributed by atoms with E-state index < -0.39 is 0 Å². The first-order valence-corrected chi connectivity index (χ1v) is 11.7. The maximum atomic E-state index is 11.8. The molecular formula is C28H39NO2. The lowest BCUT2D eigenvalue weighted by Gasteiger charge is -2.04. The largest absolute Gasteiger partial charge is 0.462 e. The highest BCUT2D eigenvalue weighted by Crippen LogP contribution is 2.06. The molecule has 0 bridgehead atoms. The van der Waals surface area contributed by atoms with Crippen LogP contribution in [0.5, 0.6) is 0 Å². The van der Waals surface area contributed by atoms with Gasteiger partial charge in [0, 0.05) is 12.4 Å². The molecule has 31 heavy (non-hydrogen) atoms. The smallest absolute Gasteiger partial charge is 0.339 e. The summed E-state index contributed by atoms with van der Waals surface area (Å²) in [5.74, 6) is -0.285. The van der Waals surface area contributed by atoms with E-state index in [1.807, 2.05) is 0 Å². The molecule has 0 radical (unpaired) electrons. The van der Waals surface area contributed by atoms with Crippen molar-refractivity contribution in [2.24, 2.45) is 0 Å². The van der Waals surface area contributed by atoms with Crippen molar-refractivity contribution in [3.8, 4) is 0 Å². The molecule has 0 spiro atoms. The highest BCUT2D eigenvalue weighted by molar-refractivity contribution is 5.88. The number of pyridine rings is 1. The molecule has 0 amide bonds. The molecule has 1 heterocycles. The van der Waals surface area contributed by atoms with Gasteiger partial charge in [-0.3, -0.25) is 4.98 Å². The van der Waals surface area contributed by atoms with Gasteiger partial charge in [0.2, 0.25) is 0 Å². The molecule has 0 aliphatic heterocycles. The van der Waals surface area contributed by atoms with E-state index in [4.69, 9.17) is 4.74 Å². The number of carbonyl (C=O) groups excluding carboxylic acids is 1. The van der Waals surface area contributed by atoms with Gasteiger partial charge in [-0.1, -0.05) is 80.5 Å². The Morgan fingerprint density at radius 2 is 1.39 bits per heavy atom. The van der Waals surface area contributed by atoms with Gasteiger partial charge in [-0.25, -0.2) is 4.79 Å². The first kappa shape index (κ1) is 26.4. The number of hydrogen-bond acceptors (Lipinski definition) is 3. The number of aromatic nitrogens is 1. The van der Waals surface area contributed by atoms with Crippen LogP contribution in [0.15, 0.2) is 85.3 Å². The number of rotatable bonds is 17. The van der Waals surface area contributed by atoms with E-state index in [0.29, 0.717) is 12.2 Å². The van der Waals surface area contributed by atoms with E-state index in [0.717, 1.165) is 51.4 Å². The van der Waals surface area contributed by atoms with Crippen LogP contribution in [0.3, 0.4) is 0 Å². The molecule has 168 valence electrons. The van der Waals surface area contributed by atoms with E-state index in [9.17, 15) is 4.79 Å². The van der Waals surface area contributed by atoms with Crippen LogP contribution >= 0.6 is 0 Å². The molecule has 0 fully saturated rings. The first-order chi connectivity index (χ1) is 15.3. The minimum Gasteiger partial charge on any atom is -0.462 e. The molecular weight excluding hydrogens is 382 g/mol. The van der Waals surface area contributed by atoms with E-state index in [1.165, 1.54) is 19.0 Å². The Bertz CT molecular complexity index is 699. The van der Waals surface area contributed by atoms with Crippen LogP contribution in [0, 0.1) is 0 Å². The summed E-state index contributed by atoms with van der Waals surface area (Å²) in [6.45, 7) is 2.64. The third-order valence-electron chi connectivity index (χ3n) is 4.55. The molecule has 0 saturated carbocycles. The Balaban J connectivity index is 1.89. The molecule has 1 rings (SSSR count). The van der Waals surface area contributed by atoms with Gasteiger partial charge in [-0.15, -0.1) is 0 Å². The summed E-state index contributed by atoms with van der Waals surface area (Å²) in [7, 11) is 0. The average molecular weight is 422 g/mol. The normalized spacial score (nSPS) is 12.3. The predicted molar refractivity (Wildman–Crippen MR) is 132 cm³/mol. The third-order valence-corrected chi connectivity index (χ3v) is 4.55. The Hall–Kier alpha value is -2.68. The summed E-state index contributed by atoms with van der Waals surface area (Å²) in [5, 5.41) is 0. The lowest BCUT2D eigenvalue weighted by atomic mass is 10.1. The summed E-state index contributed by atoms with van der Waals surface area (Å²) in [6.07, 6.45) is 36.1. The van der Waals surface area contributed by atoms with E-state index in [-0.39, 0.29) is 5.97 Å². The molecule has 1 aromatic heterocycles. The zero-order chi connectivity index (χ0) is 22.2. The summed E-state index contributed by atoms with van der Waals surface area (Å²) in [4.78, 5) is 15.7. The Morgan fingerprint density at radius 1 is 0.806 bits per heavy atom. The first-order valence-electron chi connectivity index (χ1n) is 11.7. The standard InChI is InChI=1S/C28H39NO2/c1-2-3-4-5-6-7-8-9-10-11-12-13-14-15-16-17-18-19-20-21-25-31-28(30)27-23-22-24-29-26-27/h3-4,6-7,9-10,12-13,15-16,22-24,26H,2,5,8,11,14,17-21,25H2,1H3/b4-3-,7-6-,10-9-,13-12-,16-15-. The van der Waals surface area contributed by atoms with Crippen LogP contribution in [-0.4, -0.2) is 17.6 Å². The maximum absolute atomic E-state index is 11.8. The fraction of sp³-hybridized carbons (Fsp3) is 0.429. The number of unbranched alkanes of at least 4 members (excludes halogenated alkanes) is 4. The second-order valence-electron chi connectivity index (χ2n) is 7.29. The fourth-order valence-corrected chi connectivity index (χ4v) is 2.82. The number of hydrogen-bond donors (Lipinski definition) is 0. The van der Waals surface area contributed by atoms with Crippen LogP contribution in [0.2, 0.25) is 0 Å². The van der Waals surface area contributed by atoms with Gasteiger partial charge in [0.1, 0.15) is 0 Å². The summed E-state index contributed by atoms with van der Waals surface area (Å²) in [6, 6.07) is 3.46. The van der Waals surface area contributed by atoms with Crippen LogP contribution < -0.4 is 0 Å². The molecule has 0 unspecified atom stereocenters. The quantitative estimate of drug-likeness (QED) is 0.146. The van der Waals surface area contributed by atoms with Crippen LogP contribution in [0.1, 0.15) is 81.5 Å².